The van der Waals surface area contributed by atoms with Gasteiger partial charge in [0, 0.05) is 6.20 Å². The van der Waals surface area contributed by atoms with Crippen molar-refractivity contribution in [1.29, 1.82) is 0 Å². The van der Waals surface area contributed by atoms with Gasteiger partial charge in [-0.1, -0.05) is 0 Å². The number of thiazole rings is 1. The fourth-order valence-corrected chi connectivity index (χ4v) is 5.08. The number of carbonyl (C=O) groups is 1. The van der Waals surface area contributed by atoms with Crippen molar-refractivity contribution < 1.29 is 17.9 Å². The molecular weight excluding hydrogens is 414 g/mol. The van der Waals surface area contributed by atoms with Gasteiger partial charge in [-0.25, -0.2) is 18.4 Å². The molecular formula is C18H17N5O4S2. The Bertz CT molecular complexity index is 1160. The lowest BCUT2D eigenvalue weighted by Gasteiger charge is -2.06. The first-order valence-corrected chi connectivity index (χ1v) is 11.1. The predicted molar refractivity (Wildman–Crippen MR) is 105 cm³/mol. The maximum Gasteiger partial charge on any atom is 0.263 e. The molecule has 0 aliphatic heterocycles. The minimum absolute atomic E-state index is 0.110. The Morgan fingerprint density at radius 1 is 1.28 bits per heavy atom. The number of rotatable bonds is 7. The summed E-state index contributed by atoms with van der Waals surface area (Å²) in [6.07, 6.45) is 7.32. The van der Waals surface area contributed by atoms with E-state index >= 15 is 0 Å². The van der Waals surface area contributed by atoms with E-state index in [0.29, 0.717) is 40.0 Å². The summed E-state index contributed by atoms with van der Waals surface area (Å²) in [5.74, 6) is 0.0256. The smallest absolute Gasteiger partial charge is 0.263 e. The van der Waals surface area contributed by atoms with E-state index in [1.165, 1.54) is 49.2 Å². The average molecular weight is 431 g/mol. The highest BCUT2D eigenvalue weighted by molar-refractivity contribution is 7.92. The van der Waals surface area contributed by atoms with Crippen molar-refractivity contribution in [2.24, 2.45) is 0 Å². The molecule has 4 rings (SSSR count). The topological polar surface area (TPSA) is 124 Å². The molecule has 9 nitrogen and oxygen atoms in total. The number of ether oxygens (including phenoxy) is 1. The maximum atomic E-state index is 12.4. The van der Waals surface area contributed by atoms with Gasteiger partial charge < -0.3 is 10.1 Å². The molecule has 0 aromatic carbocycles. The second kappa shape index (κ2) is 7.84. The van der Waals surface area contributed by atoms with E-state index in [-0.39, 0.29) is 22.6 Å². The Balaban J connectivity index is 1.43. The molecule has 0 saturated heterocycles. The number of hydrogen-bond donors (Lipinski definition) is 1. The van der Waals surface area contributed by atoms with Crippen LogP contribution in [-0.2, 0) is 16.4 Å². The van der Waals surface area contributed by atoms with Crippen LogP contribution in [0.25, 0.3) is 10.7 Å². The van der Waals surface area contributed by atoms with Crippen LogP contribution in [0.15, 0.2) is 41.8 Å². The molecule has 0 spiro atoms. The van der Waals surface area contributed by atoms with Crippen LogP contribution in [0.5, 0.6) is 5.88 Å². The molecule has 11 heteroatoms. The molecule has 1 amide bonds. The number of pyridine rings is 1. The van der Waals surface area contributed by atoms with Gasteiger partial charge in [-0.05, 0) is 25.0 Å². The molecule has 0 atom stereocenters. The van der Waals surface area contributed by atoms with Crippen molar-refractivity contribution in [3.63, 3.8) is 0 Å². The standard InChI is InChI=1S/C18H17N5O4S2/c1-27-16-10-19-8-14(23-16)18-22-9-15(28-18)17(24)21-7-11-6-13(4-5-20-11)29(25,26)12-2-3-12/h4-6,8-10,12H,2-3,7H2,1H3,(H,21,24). The summed E-state index contributed by atoms with van der Waals surface area (Å²) in [7, 11) is -1.80. The molecule has 1 aliphatic rings. The highest BCUT2D eigenvalue weighted by atomic mass is 32.2. The average Bonchev–Trinajstić information content (AvgIpc) is 3.50. The van der Waals surface area contributed by atoms with Crippen molar-refractivity contribution in [3.8, 4) is 16.6 Å². The van der Waals surface area contributed by atoms with E-state index in [9.17, 15) is 13.2 Å². The number of nitrogens with zero attached hydrogens (tertiary/aromatic N) is 4. The zero-order valence-corrected chi connectivity index (χ0v) is 17.0. The van der Waals surface area contributed by atoms with E-state index in [4.69, 9.17) is 4.74 Å². The first-order chi connectivity index (χ1) is 14.0. The summed E-state index contributed by atoms with van der Waals surface area (Å²) in [6, 6.07) is 3.00. The first kappa shape index (κ1) is 19.4. The molecule has 1 saturated carbocycles. The SMILES string of the molecule is COc1cncc(-c2ncc(C(=O)NCc3cc(S(=O)(=O)C4CC4)ccn3)s2)n1. The third kappa shape index (κ3) is 4.25. The summed E-state index contributed by atoms with van der Waals surface area (Å²) in [4.78, 5) is 29.7. The fourth-order valence-electron chi connectivity index (χ4n) is 2.61. The van der Waals surface area contributed by atoms with E-state index < -0.39 is 9.84 Å². The Kier molecular flexibility index (Phi) is 5.24. The van der Waals surface area contributed by atoms with Gasteiger partial charge in [0.25, 0.3) is 5.91 Å². The van der Waals surface area contributed by atoms with Gasteiger partial charge in [0.05, 0.1) is 48.1 Å². The Morgan fingerprint density at radius 3 is 2.86 bits per heavy atom. The third-order valence-electron chi connectivity index (χ3n) is 4.28. The first-order valence-electron chi connectivity index (χ1n) is 8.76. The summed E-state index contributed by atoms with van der Waals surface area (Å²) in [5, 5.41) is 2.99. The predicted octanol–water partition coefficient (Wildman–Crippen LogP) is 1.87. The molecule has 1 aliphatic carbocycles. The Morgan fingerprint density at radius 2 is 2.10 bits per heavy atom. The van der Waals surface area contributed by atoms with Crippen molar-refractivity contribution in [1.82, 2.24) is 25.3 Å². The Hall–Kier alpha value is -2.92. The van der Waals surface area contributed by atoms with Crippen LogP contribution < -0.4 is 10.1 Å². The molecule has 3 heterocycles. The van der Waals surface area contributed by atoms with Crippen LogP contribution in [0, 0.1) is 0 Å². The summed E-state index contributed by atoms with van der Waals surface area (Å²) >= 11 is 1.17. The number of sulfone groups is 1. The lowest BCUT2D eigenvalue weighted by atomic mass is 10.3. The second-order valence-electron chi connectivity index (χ2n) is 6.39. The molecule has 29 heavy (non-hydrogen) atoms. The molecule has 150 valence electrons. The zero-order chi connectivity index (χ0) is 20.4. The van der Waals surface area contributed by atoms with Crippen LogP contribution in [0.4, 0.5) is 0 Å². The molecule has 0 radical (unpaired) electrons. The molecule has 0 bridgehead atoms. The van der Waals surface area contributed by atoms with Gasteiger partial charge >= 0.3 is 0 Å². The third-order valence-corrected chi connectivity index (χ3v) is 7.56. The van der Waals surface area contributed by atoms with Gasteiger partial charge in [0.15, 0.2) is 9.84 Å². The second-order valence-corrected chi connectivity index (χ2v) is 9.65. The van der Waals surface area contributed by atoms with Gasteiger partial charge in [-0.3, -0.25) is 14.8 Å². The van der Waals surface area contributed by atoms with Gasteiger partial charge in [-0.15, -0.1) is 11.3 Å². The fraction of sp³-hybridized carbons (Fsp3) is 0.278. The quantitative estimate of drug-likeness (QED) is 0.601. The van der Waals surface area contributed by atoms with Crippen molar-refractivity contribution in [2.45, 2.75) is 29.5 Å². The highest BCUT2D eigenvalue weighted by Gasteiger charge is 2.36. The molecule has 0 unspecified atom stereocenters. The minimum atomic E-state index is -3.30. The van der Waals surface area contributed by atoms with Gasteiger partial charge in [0.2, 0.25) is 5.88 Å². The number of nitrogens with one attached hydrogen (secondary N) is 1. The number of amides is 1. The van der Waals surface area contributed by atoms with Crippen LogP contribution in [0.2, 0.25) is 0 Å². The summed E-state index contributed by atoms with van der Waals surface area (Å²) < 4.78 is 29.7. The molecule has 1 N–H and O–H groups in total. The van der Waals surface area contributed by atoms with E-state index in [1.807, 2.05) is 0 Å². The van der Waals surface area contributed by atoms with Crippen molar-refractivity contribution in [3.05, 3.63) is 47.5 Å². The van der Waals surface area contributed by atoms with Crippen molar-refractivity contribution >= 4 is 27.1 Å². The largest absolute Gasteiger partial charge is 0.480 e. The van der Waals surface area contributed by atoms with E-state index in [2.05, 4.69) is 25.3 Å². The minimum Gasteiger partial charge on any atom is -0.480 e. The van der Waals surface area contributed by atoms with Crippen LogP contribution in [0.3, 0.4) is 0 Å². The number of hydrogen-bond acceptors (Lipinski definition) is 9. The van der Waals surface area contributed by atoms with Crippen LogP contribution >= 0.6 is 11.3 Å². The number of carbonyl (C=O) groups excluding carboxylic acids is 1. The highest BCUT2D eigenvalue weighted by Crippen LogP contribution is 2.33. The lowest BCUT2D eigenvalue weighted by molar-refractivity contribution is 0.0954. The summed E-state index contributed by atoms with van der Waals surface area (Å²) in [6.45, 7) is 0.110. The van der Waals surface area contributed by atoms with Crippen molar-refractivity contribution in [2.75, 3.05) is 7.11 Å². The van der Waals surface area contributed by atoms with E-state index in [1.54, 1.807) is 6.20 Å². The van der Waals surface area contributed by atoms with Gasteiger partial charge in [0.1, 0.15) is 15.6 Å². The number of methoxy groups -OCH3 is 1. The normalized spacial score (nSPS) is 13.8. The zero-order valence-electron chi connectivity index (χ0n) is 15.4. The molecule has 3 aromatic heterocycles. The Labute approximate surface area is 171 Å². The molecule has 1 fully saturated rings. The summed E-state index contributed by atoms with van der Waals surface area (Å²) in [5.41, 5.74) is 0.983. The van der Waals surface area contributed by atoms with Gasteiger partial charge in [-0.2, -0.15) is 0 Å². The molecule has 3 aromatic rings. The van der Waals surface area contributed by atoms with Crippen LogP contribution in [0.1, 0.15) is 28.2 Å². The lowest BCUT2D eigenvalue weighted by Crippen LogP contribution is -2.22. The maximum absolute atomic E-state index is 12.4. The van der Waals surface area contributed by atoms with Crippen LogP contribution in [-0.4, -0.2) is 46.6 Å². The number of aromatic nitrogens is 4. The monoisotopic (exact) mass is 431 g/mol. The van der Waals surface area contributed by atoms with E-state index in [0.717, 1.165) is 0 Å².